The minimum absolute atomic E-state index is 0.147. The van der Waals surface area contributed by atoms with Gasteiger partial charge in [0, 0.05) is 25.7 Å². The Morgan fingerprint density at radius 2 is 1.75 bits per heavy atom. The average Bonchev–Trinajstić information content (AvgIpc) is 3.05. The summed E-state index contributed by atoms with van der Waals surface area (Å²) in [5, 5.41) is 0. The molecule has 1 aromatic rings. The molecule has 0 N–H and O–H groups in total. The topological polar surface area (TPSA) is 32.8 Å². The van der Waals surface area contributed by atoms with E-state index in [-0.39, 0.29) is 6.09 Å². The molecule has 0 spiro atoms. The molecule has 3 rings (SSSR count). The number of ether oxygens (including phenoxy) is 1. The van der Waals surface area contributed by atoms with Crippen LogP contribution < -0.4 is 0 Å². The van der Waals surface area contributed by atoms with Crippen molar-refractivity contribution in [2.24, 2.45) is 11.8 Å². The van der Waals surface area contributed by atoms with Crippen LogP contribution in [-0.4, -0.2) is 47.7 Å². The largest absolute Gasteiger partial charge is 0.444 e. The number of amides is 1. The molecule has 4 heteroatoms. The maximum absolute atomic E-state index is 12.2. The predicted octanol–water partition coefficient (Wildman–Crippen LogP) is 3.76. The Morgan fingerprint density at radius 3 is 2.29 bits per heavy atom. The van der Waals surface area contributed by atoms with E-state index in [1.165, 1.54) is 18.4 Å². The van der Waals surface area contributed by atoms with Gasteiger partial charge < -0.3 is 9.64 Å². The SMILES string of the molecule is CN(Cc1ccccc1)[C@@H]1C[C@@H]2CN(C(=O)OC(C)(C)C)C[C@@H]2C1. The van der Waals surface area contributed by atoms with E-state index in [4.69, 9.17) is 4.74 Å². The number of benzene rings is 1. The first-order chi connectivity index (χ1) is 11.3. The molecule has 0 unspecified atom stereocenters. The third-order valence-electron chi connectivity index (χ3n) is 5.28. The molecule has 2 aliphatic rings. The smallest absolute Gasteiger partial charge is 0.410 e. The number of hydrogen-bond donors (Lipinski definition) is 0. The van der Waals surface area contributed by atoms with E-state index in [0.717, 1.165) is 19.6 Å². The zero-order valence-corrected chi connectivity index (χ0v) is 15.4. The molecule has 1 saturated heterocycles. The van der Waals surface area contributed by atoms with E-state index in [0.29, 0.717) is 17.9 Å². The first kappa shape index (κ1) is 17.3. The Labute approximate surface area is 145 Å². The number of carbonyl (C=O) groups excluding carboxylic acids is 1. The van der Waals surface area contributed by atoms with Crippen LogP contribution in [0.15, 0.2) is 30.3 Å². The lowest BCUT2D eigenvalue weighted by Gasteiger charge is -2.28. The fourth-order valence-electron chi connectivity index (χ4n) is 4.10. The molecule has 1 aliphatic heterocycles. The molecule has 0 aromatic heterocycles. The van der Waals surface area contributed by atoms with Crippen molar-refractivity contribution in [1.82, 2.24) is 9.80 Å². The van der Waals surface area contributed by atoms with Gasteiger partial charge in [0.25, 0.3) is 0 Å². The van der Waals surface area contributed by atoms with Gasteiger partial charge >= 0.3 is 6.09 Å². The summed E-state index contributed by atoms with van der Waals surface area (Å²) in [6, 6.07) is 11.3. The summed E-state index contributed by atoms with van der Waals surface area (Å²) in [6.45, 7) is 8.49. The summed E-state index contributed by atoms with van der Waals surface area (Å²) < 4.78 is 5.52. The first-order valence-electron chi connectivity index (χ1n) is 9.04. The van der Waals surface area contributed by atoms with Gasteiger partial charge in [-0.1, -0.05) is 30.3 Å². The van der Waals surface area contributed by atoms with Crippen molar-refractivity contribution in [2.75, 3.05) is 20.1 Å². The van der Waals surface area contributed by atoms with E-state index in [1.807, 2.05) is 25.7 Å². The summed E-state index contributed by atoms with van der Waals surface area (Å²) in [6.07, 6.45) is 2.23. The van der Waals surface area contributed by atoms with Crippen molar-refractivity contribution in [2.45, 2.75) is 51.8 Å². The highest BCUT2D eigenvalue weighted by Gasteiger charge is 2.44. The number of carbonyl (C=O) groups is 1. The van der Waals surface area contributed by atoms with Gasteiger partial charge in [0.2, 0.25) is 0 Å². The average molecular weight is 330 g/mol. The first-order valence-corrected chi connectivity index (χ1v) is 9.04. The second-order valence-electron chi connectivity index (χ2n) is 8.43. The number of rotatable bonds is 3. The van der Waals surface area contributed by atoms with Gasteiger partial charge in [0.1, 0.15) is 5.60 Å². The van der Waals surface area contributed by atoms with E-state index >= 15 is 0 Å². The standard InChI is InChI=1S/C20H30N2O2/c1-20(2,3)24-19(23)22-13-16-10-18(11-17(16)14-22)21(4)12-15-8-6-5-7-9-15/h5-9,16-18H,10-14H2,1-4H3/t16-,17+,18-. The van der Waals surface area contributed by atoms with Crippen LogP contribution in [0.4, 0.5) is 4.79 Å². The maximum atomic E-state index is 12.2. The fourth-order valence-corrected chi connectivity index (χ4v) is 4.10. The van der Waals surface area contributed by atoms with Crippen molar-refractivity contribution in [3.63, 3.8) is 0 Å². The van der Waals surface area contributed by atoms with Gasteiger partial charge in [-0.3, -0.25) is 4.90 Å². The van der Waals surface area contributed by atoms with E-state index in [1.54, 1.807) is 0 Å². The summed E-state index contributed by atoms with van der Waals surface area (Å²) >= 11 is 0. The second kappa shape index (κ2) is 6.75. The molecule has 0 radical (unpaired) electrons. The van der Waals surface area contributed by atoms with Crippen LogP contribution in [0.25, 0.3) is 0 Å². The van der Waals surface area contributed by atoms with Gasteiger partial charge in [-0.05, 0) is 58.1 Å². The fraction of sp³-hybridized carbons (Fsp3) is 0.650. The normalized spacial score (nSPS) is 26.7. The molecule has 1 saturated carbocycles. The molecule has 24 heavy (non-hydrogen) atoms. The number of nitrogens with zero attached hydrogens (tertiary/aromatic N) is 2. The van der Waals surface area contributed by atoms with Crippen LogP contribution in [0.3, 0.4) is 0 Å². The minimum atomic E-state index is -0.410. The Hall–Kier alpha value is -1.55. The molecule has 3 atom stereocenters. The Balaban J connectivity index is 1.51. The zero-order chi connectivity index (χ0) is 17.3. The van der Waals surface area contributed by atoms with Gasteiger partial charge in [-0.2, -0.15) is 0 Å². The molecular weight excluding hydrogens is 300 g/mol. The number of likely N-dealkylation sites (tertiary alicyclic amines) is 1. The highest BCUT2D eigenvalue weighted by molar-refractivity contribution is 5.68. The molecule has 132 valence electrons. The lowest BCUT2D eigenvalue weighted by Crippen LogP contribution is -2.37. The highest BCUT2D eigenvalue weighted by atomic mass is 16.6. The van der Waals surface area contributed by atoms with Crippen molar-refractivity contribution in [1.29, 1.82) is 0 Å². The van der Waals surface area contributed by atoms with Crippen molar-refractivity contribution in [3.8, 4) is 0 Å². The molecule has 4 nitrogen and oxygen atoms in total. The third kappa shape index (κ3) is 4.10. The Kier molecular flexibility index (Phi) is 4.86. The number of hydrogen-bond acceptors (Lipinski definition) is 3. The molecule has 1 aromatic carbocycles. The summed E-state index contributed by atoms with van der Waals surface area (Å²) in [7, 11) is 2.23. The Bertz CT molecular complexity index is 553. The second-order valence-corrected chi connectivity index (χ2v) is 8.43. The van der Waals surface area contributed by atoms with E-state index in [9.17, 15) is 4.79 Å². The predicted molar refractivity (Wildman–Crippen MR) is 95.7 cm³/mol. The maximum Gasteiger partial charge on any atom is 0.410 e. The number of fused-ring (bicyclic) bond motifs is 1. The zero-order valence-electron chi connectivity index (χ0n) is 15.4. The summed E-state index contributed by atoms with van der Waals surface area (Å²) in [5.74, 6) is 1.25. The molecule has 1 amide bonds. The molecule has 1 heterocycles. The third-order valence-corrected chi connectivity index (χ3v) is 5.28. The molecule has 1 aliphatic carbocycles. The van der Waals surface area contributed by atoms with Crippen LogP contribution >= 0.6 is 0 Å². The molecule has 0 bridgehead atoms. The Morgan fingerprint density at radius 1 is 1.17 bits per heavy atom. The van der Waals surface area contributed by atoms with Crippen molar-refractivity contribution >= 4 is 6.09 Å². The van der Waals surface area contributed by atoms with Gasteiger partial charge in [0.05, 0.1) is 0 Å². The quantitative estimate of drug-likeness (QED) is 0.846. The van der Waals surface area contributed by atoms with Crippen molar-refractivity contribution < 1.29 is 9.53 Å². The monoisotopic (exact) mass is 330 g/mol. The lowest BCUT2D eigenvalue weighted by molar-refractivity contribution is 0.0275. The summed E-state index contributed by atoms with van der Waals surface area (Å²) in [4.78, 5) is 16.6. The van der Waals surface area contributed by atoms with Crippen LogP contribution in [0.1, 0.15) is 39.2 Å². The van der Waals surface area contributed by atoms with Crippen LogP contribution in [0.2, 0.25) is 0 Å². The van der Waals surface area contributed by atoms with Crippen LogP contribution in [0, 0.1) is 11.8 Å². The van der Waals surface area contributed by atoms with Crippen LogP contribution in [0.5, 0.6) is 0 Å². The van der Waals surface area contributed by atoms with Crippen molar-refractivity contribution in [3.05, 3.63) is 35.9 Å². The van der Waals surface area contributed by atoms with E-state index in [2.05, 4.69) is 42.3 Å². The van der Waals surface area contributed by atoms with Gasteiger partial charge in [-0.15, -0.1) is 0 Å². The highest BCUT2D eigenvalue weighted by Crippen LogP contribution is 2.40. The molecular formula is C20H30N2O2. The lowest BCUT2D eigenvalue weighted by atomic mass is 10.0. The summed E-state index contributed by atoms with van der Waals surface area (Å²) in [5.41, 5.74) is 0.958. The van der Waals surface area contributed by atoms with Gasteiger partial charge in [-0.25, -0.2) is 4.79 Å². The molecule has 2 fully saturated rings. The van der Waals surface area contributed by atoms with E-state index < -0.39 is 5.60 Å². The minimum Gasteiger partial charge on any atom is -0.444 e. The van der Waals surface area contributed by atoms with Crippen LogP contribution in [-0.2, 0) is 11.3 Å². The van der Waals surface area contributed by atoms with Gasteiger partial charge in [0.15, 0.2) is 0 Å².